The minimum Gasteiger partial charge on any atom is -0.377 e. The average molecular weight is 310 g/mol. The number of amides is 1. The van der Waals surface area contributed by atoms with Crippen LogP contribution >= 0.6 is 15.9 Å². The zero-order valence-corrected chi connectivity index (χ0v) is 11.2. The molecule has 2 rings (SSSR count). The number of hydrogen-bond acceptors (Lipinski definition) is 4. The van der Waals surface area contributed by atoms with Crippen LogP contribution in [0.3, 0.4) is 0 Å². The Morgan fingerprint density at radius 2 is 2.39 bits per heavy atom. The fourth-order valence-corrected chi connectivity index (χ4v) is 2.31. The second-order valence-corrected chi connectivity index (χ2v) is 4.88. The number of ether oxygens (including phenoxy) is 1. The first-order chi connectivity index (χ1) is 8.63. The van der Waals surface area contributed by atoms with E-state index >= 15 is 0 Å². The van der Waals surface area contributed by atoms with E-state index in [1.54, 1.807) is 12.1 Å². The SMILES string of the molecule is N#Cc1ccc(Br)cc1N1CCOCC1C(N)=O. The number of hydrogen-bond donors (Lipinski definition) is 1. The van der Waals surface area contributed by atoms with Crippen molar-refractivity contribution in [3.63, 3.8) is 0 Å². The summed E-state index contributed by atoms with van der Waals surface area (Å²) in [4.78, 5) is 13.3. The maximum absolute atomic E-state index is 11.4. The van der Waals surface area contributed by atoms with Crippen LogP contribution in [0.5, 0.6) is 0 Å². The Bertz CT molecular complexity index is 513. The van der Waals surface area contributed by atoms with E-state index in [-0.39, 0.29) is 6.61 Å². The summed E-state index contributed by atoms with van der Waals surface area (Å²) >= 11 is 3.37. The van der Waals surface area contributed by atoms with Crippen molar-refractivity contribution in [1.82, 2.24) is 0 Å². The quantitative estimate of drug-likeness (QED) is 0.884. The lowest BCUT2D eigenvalue weighted by Crippen LogP contribution is -2.52. The number of carbonyl (C=O) groups excluding carboxylic acids is 1. The van der Waals surface area contributed by atoms with Crippen LogP contribution in [0.15, 0.2) is 22.7 Å². The summed E-state index contributed by atoms with van der Waals surface area (Å²) in [7, 11) is 0. The van der Waals surface area contributed by atoms with Gasteiger partial charge in [0.1, 0.15) is 12.1 Å². The molecule has 1 aliphatic rings. The number of nitriles is 1. The lowest BCUT2D eigenvalue weighted by atomic mass is 10.1. The summed E-state index contributed by atoms with van der Waals surface area (Å²) in [6.45, 7) is 1.31. The third-order valence-corrected chi connectivity index (χ3v) is 3.34. The maximum Gasteiger partial charge on any atom is 0.242 e. The number of morpholine rings is 1. The molecule has 0 spiro atoms. The zero-order valence-electron chi connectivity index (χ0n) is 9.60. The summed E-state index contributed by atoms with van der Waals surface area (Å²) in [6, 6.07) is 6.92. The lowest BCUT2D eigenvalue weighted by Gasteiger charge is -2.35. The molecule has 1 saturated heterocycles. The number of primary amides is 1. The molecule has 5 nitrogen and oxygen atoms in total. The van der Waals surface area contributed by atoms with E-state index < -0.39 is 11.9 Å². The first-order valence-electron chi connectivity index (χ1n) is 5.47. The van der Waals surface area contributed by atoms with Gasteiger partial charge in [-0.15, -0.1) is 0 Å². The van der Waals surface area contributed by atoms with E-state index in [0.29, 0.717) is 24.4 Å². The van der Waals surface area contributed by atoms with Crippen molar-refractivity contribution in [2.75, 3.05) is 24.7 Å². The fraction of sp³-hybridized carbons (Fsp3) is 0.333. The van der Waals surface area contributed by atoms with Gasteiger partial charge in [-0.05, 0) is 18.2 Å². The molecule has 1 aliphatic heterocycles. The van der Waals surface area contributed by atoms with Gasteiger partial charge in [-0.3, -0.25) is 4.79 Å². The largest absolute Gasteiger partial charge is 0.377 e. The monoisotopic (exact) mass is 309 g/mol. The molecule has 0 aliphatic carbocycles. The smallest absolute Gasteiger partial charge is 0.242 e. The summed E-state index contributed by atoms with van der Waals surface area (Å²) in [5.74, 6) is -0.446. The highest BCUT2D eigenvalue weighted by Crippen LogP contribution is 2.27. The molecule has 1 aromatic carbocycles. The fourth-order valence-electron chi connectivity index (χ4n) is 1.96. The number of halogens is 1. The Hall–Kier alpha value is -1.58. The number of nitrogens with zero attached hydrogens (tertiary/aromatic N) is 2. The highest BCUT2D eigenvalue weighted by molar-refractivity contribution is 9.10. The van der Waals surface area contributed by atoms with E-state index in [9.17, 15) is 4.79 Å². The second-order valence-electron chi connectivity index (χ2n) is 3.96. The standard InChI is InChI=1S/C12H12BrN3O2/c13-9-2-1-8(6-14)10(5-9)16-3-4-18-7-11(16)12(15)17/h1-2,5,11H,3-4,7H2,(H2,15,17). The van der Waals surface area contributed by atoms with Gasteiger partial charge in [-0.25, -0.2) is 0 Å². The highest BCUT2D eigenvalue weighted by Gasteiger charge is 2.29. The Balaban J connectivity index is 2.42. The van der Waals surface area contributed by atoms with E-state index in [1.807, 2.05) is 11.0 Å². The van der Waals surface area contributed by atoms with Crippen LogP contribution in [-0.2, 0) is 9.53 Å². The summed E-state index contributed by atoms with van der Waals surface area (Å²) in [5, 5.41) is 9.13. The first kappa shape index (κ1) is 12.9. The van der Waals surface area contributed by atoms with Crippen LogP contribution in [-0.4, -0.2) is 31.7 Å². The van der Waals surface area contributed by atoms with Gasteiger partial charge >= 0.3 is 0 Å². The molecule has 2 N–H and O–H groups in total. The van der Waals surface area contributed by atoms with Crippen molar-refractivity contribution >= 4 is 27.5 Å². The first-order valence-corrected chi connectivity index (χ1v) is 6.26. The molecule has 1 amide bonds. The number of rotatable bonds is 2. The molecule has 1 unspecified atom stereocenters. The van der Waals surface area contributed by atoms with Gasteiger partial charge in [0.25, 0.3) is 0 Å². The third kappa shape index (κ3) is 2.47. The Kier molecular flexibility index (Phi) is 3.84. The van der Waals surface area contributed by atoms with Crippen molar-refractivity contribution < 1.29 is 9.53 Å². The molecule has 0 saturated carbocycles. The minimum absolute atomic E-state index is 0.257. The van der Waals surface area contributed by atoms with Gasteiger partial charge in [0.05, 0.1) is 24.5 Å². The lowest BCUT2D eigenvalue weighted by molar-refractivity contribution is -0.121. The topological polar surface area (TPSA) is 79.3 Å². The average Bonchev–Trinajstić information content (AvgIpc) is 2.38. The van der Waals surface area contributed by atoms with Crippen LogP contribution < -0.4 is 10.6 Å². The van der Waals surface area contributed by atoms with Crippen LogP contribution in [0.2, 0.25) is 0 Å². The van der Waals surface area contributed by atoms with Crippen molar-refractivity contribution in [1.29, 1.82) is 5.26 Å². The van der Waals surface area contributed by atoms with Gasteiger partial charge in [0.15, 0.2) is 0 Å². The number of benzene rings is 1. The molecule has 6 heteroatoms. The zero-order chi connectivity index (χ0) is 13.1. The molecule has 0 aromatic heterocycles. The summed E-state index contributed by atoms with van der Waals surface area (Å²) < 4.78 is 6.11. The molecule has 94 valence electrons. The van der Waals surface area contributed by atoms with Gasteiger partial charge in [0.2, 0.25) is 5.91 Å². The van der Waals surface area contributed by atoms with Crippen molar-refractivity contribution in [2.24, 2.45) is 5.73 Å². The van der Waals surface area contributed by atoms with E-state index in [2.05, 4.69) is 22.0 Å². The van der Waals surface area contributed by atoms with Crippen molar-refractivity contribution in [2.45, 2.75) is 6.04 Å². The molecule has 1 atom stereocenters. The molecular formula is C12H12BrN3O2. The number of nitrogens with two attached hydrogens (primary N) is 1. The summed E-state index contributed by atoms with van der Waals surface area (Å²) in [6.07, 6.45) is 0. The van der Waals surface area contributed by atoms with E-state index in [0.717, 1.165) is 4.47 Å². The van der Waals surface area contributed by atoms with Gasteiger partial charge < -0.3 is 15.4 Å². The van der Waals surface area contributed by atoms with Crippen LogP contribution in [0.1, 0.15) is 5.56 Å². The Labute approximate surface area is 113 Å². The van der Waals surface area contributed by atoms with E-state index in [1.165, 1.54) is 0 Å². The van der Waals surface area contributed by atoms with Crippen molar-refractivity contribution in [3.8, 4) is 6.07 Å². The van der Waals surface area contributed by atoms with Crippen LogP contribution in [0, 0.1) is 11.3 Å². The summed E-state index contributed by atoms with van der Waals surface area (Å²) in [5.41, 5.74) is 6.60. The normalized spacial score (nSPS) is 19.3. The molecule has 1 fully saturated rings. The Morgan fingerprint density at radius 1 is 1.61 bits per heavy atom. The molecular weight excluding hydrogens is 298 g/mol. The molecule has 1 aromatic rings. The molecule has 18 heavy (non-hydrogen) atoms. The predicted octanol–water partition coefficient (Wildman–Crippen LogP) is 1.01. The van der Waals surface area contributed by atoms with Crippen LogP contribution in [0.4, 0.5) is 5.69 Å². The highest BCUT2D eigenvalue weighted by atomic mass is 79.9. The molecule has 1 heterocycles. The molecule has 0 radical (unpaired) electrons. The number of anilines is 1. The Morgan fingerprint density at radius 3 is 3.06 bits per heavy atom. The maximum atomic E-state index is 11.4. The van der Waals surface area contributed by atoms with E-state index in [4.69, 9.17) is 15.7 Å². The minimum atomic E-state index is -0.528. The van der Waals surface area contributed by atoms with Crippen LogP contribution in [0.25, 0.3) is 0 Å². The third-order valence-electron chi connectivity index (χ3n) is 2.85. The van der Waals surface area contributed by atoms with Gasteiger partial charge in [0, 0.05) is 11.0 Å². The van der Waals surface area contributed by atoms with Crippen molar-refractivity contribution in [3.05, 3.63) is 28.2 Å². The van der Waals surface area contributed by atoms with Gasteiger partial charge in [-0.2, -0.15) is 5.26 Å². The number of carbonyl (C=O) groups is 1. The molecule has 0 bridgehead atoms. The van der Waals surface area contributed by atoms with Gasteiger partial charge in [-0.1, -0.05) is 15.9 Å². The second kappa shape index (κ2) is 5.38. The predicted molar refractivity (Wildman–Crippen MR) is 70.0 cm³/mol.